The summed E-state index contributed by atoms with van der Waals surface area (Å²) in [6.45, 7) is 3.59. The smallest absolute Gasteiger partial charge is 0.297 e. The van der Waals surface area contributed by atoms with E-state index in [1.54, 1.807) is 19.9 Å². The summed E-state index contributed by atoms with van der Waals surface area (Å²) in [6, 6.07) is 5.73. The molecular weight excluding hydrogens is 247 g/mol. The molecule has 4 nitrogen and oxygen atoms in total. The molecule has 0 saturated carbocycles. The molecular formula is C11H12ClFN2O2. The zero-order valence-corrected chi connectivity index (χ0v) is 10.2. The van der Waals surface area contributed by atoms with Crippen molar-refractivity contribution in [1.82, 2.24) is 0 Å². The minimum Gasteiger partial charge on any atom is -0.297 e. The van der Waals surface area contributed by atoms with Gasteiger partial charge in [0.1, 0.15) is 11.0 Å². The molecule has 0 aromatic heterocycles. The molecule has 0 aliphatic heterocycles. The fraction of sp³-hybridized carbons (Fsp3) is 0.273. The van der Waals surface area contributed by atoms with Crippen molar-refractivity contribution in [1.29, 1.82) is 0 Å². The Balaban J connectivity index is 2.57. The third kappa shape index (κ3) is 4.40. The Hall–Kier alpha value is -1.62. The zero-order chi connectivity index (χ0) is 12.8. The van der Waals surface area contributed by atoms with Gasteiger partial charge < -0.3 is 0 Å². The lowest BCUT2D eigenvalue weighted by Crippen LogP contribution is -2.13. The van der Waals surface area contributed by atoms with Crippen molar-refractivity contribution in [2.75, 3.05) is 5.32 Å². The molecule has 0 heterocycles. The van der Waals surface area contributed by atoms with Gasteiger partial charge in [0.25, 0.3) is 0 Å². The van der Waals surface area contributed by atoms with Crippen LogP contribution in [0.1, 0.15) is 13.8 Å². The molecule has 0 unspecified atom stereocenters. The van der Waals surface area contributed by atoms with Crippen LogP contribution in [0.3, 0.4) is 0 Å². The van der Waals surface area contributed by atoms with E-state index in [0.29, 0.717) is 0 Å². The molecule has 1 amide bonds. The van der Waals surface area contributed by atoms with Crippen molar-refractivity contribution in [2.45, 2.75) is 13.8 Å². The summed E-state index contributed by atoms with van der Waals surface area (Å²) in [5.41, 5.74) is 0.0216. The lowest BCUT2D eigenvalue weighted by molar-refractivity contribution is 0.166. The molecule has 17 heavy (non-hydrogen) atoms. The van der Waals surface area contributed by atoms with Gasteiger partial charge in [0.15, 0.2) is 0 Å². The summed E-state index contributed by atoms with van der Waals surface area (Å²) >= 11 is 5.66. The van der Waals surface area contributed by atoms with E-state index in [2.05, 4.69) is 15.3 Å². The highest BCUT2D eigenvalue weighted by Gasteiger charge is 2.08. The SMILES string of the molecule is CC(C)/C(Cl)=N\OC(=O)Nc1ccccc1F. The number of amides is 1. The summed E-state index contributed by atoms with van der Waals surface area (Å²) in [4.78, 5) is 15.7. The van der Waals surface area contributed by atoms with E-state index >= 15 is 0 Å². The lowest BCUT2D eigenvalue weighted by Gasteiger charge is -2.04. The van der Waals surface area contributed by atoms with E-state index in [1.807, 2.05) is 0 Å². The first-order valence-electron chi connectivity index (χ1n) is 4.96. The molecule has 0 atom stereocenters. The number of hydrogen-bond acceptors (Lipinski definition) is 3. The largest absolute Gasteiger partial charge is 0.437 e. The molecule has 92 valence electrons. The number of rotatable bonds is 3. The summed E-state index contributed by atoms with van der Waals surface area (Å²) in [5.74, 6) is -0.596. The van der Waals surface area contributed by atoms with Crippen molar-refractivity contribution in [3.63, 3.8) is 0 Å². The van der Waals surface area contributed by atoms with Gasteiger partial charge in [-0.05, 0) is 12.1 Å². The number of hydrogen-bond donors (Lipinski definition) is 1. The molecule has 1 aromatic rings. The fourth-order valence-corrected chi connectivity index (χ4v) is 0.920. The van der Waals surface area contributed by atoms with Crippen LogP contribution in [0.4, 0.5) is 14.9 Å². The van der Waals surface area contributed by atoms with E-state index in [1.165, 1.54) is 18.2 Å². The Kier molecular flexibility index (Phi) is 4.90. The maximum Gasteiger partial charge on any atom is 0.437 e. The maximum atomic E-state index is 13.1. The van der Waals surface area contributed by atoms with E-state index < -0.39 is 11.9 Å². The Labute approximate surface area is 103 Å². The minimum atomic E-state index is -0.895. The Morgan fingerprint density at radius 2 is 2.12 bits per heavy atom. The quantitative estimate of drug-likeness (QED) is 0.512. The van der Waals surface area contributed by atoms with E-state index in [-0.39, 0.29) is 16.8 Å². The standard InChI is InChI=1S/C11H12ClFN2O2/c1-7(2)10(12)15-17-11(16)14-9-6-4-3-5-8(9)13/h3-7H,1-2H3,(H,14,16)/b15-10+. The molecule has 0 saturated heterocycles. The lowest BCUT2D eigenvalue weighted by atomic mass is 10.2. The molecule has 1 N–H and O–H groups in total. The second-order valence-corrected chi connectivity index (χ2v) is 3.94. The van der Waals surface area contributed by atoms with Crippen LogP contribution in [0.15, 0.2) is 29.4 Å². The second-order valence-electron chi connectivity index (χ2n) is 3.55. The number of nitrogens with zero attached hydrogens (tertiary/aromatic N) is 1. The summed E-state index contributed by atoms with van der Waals surface area (Å²) in [7, 11) is 0. The van der Waals surface area contributed by atoms with Crippen molar-refractivity contribution >= 4 is 28.6 Å². The van der Waals surface area contributed by atoms with E-state index in [4.69, 9.17) is 11.6 Å². The van der Waals surface area contributed by atoms with Gasteiger partial charge in [-0.25, -0.2) is 9.18 Å². The van der Waals surface area contributed by atoms with Gasteiger partial charge in [0.05, 0.1) is 5.69 Å². The number of oxime groups is 1. The summed E-state index contributed by atoms with van der Waals surface area (Å²) in [5, 5.41) is 5.76. The predicted molar refractivity (Wildman–Crippen MR) is 64.6 cm³/mol. The normalized spacial score (nSPS) is 11.5. The van der Waals surface area contributed by atoms with Crippen molar-refractivity contribution in [3.8, 4) is 0 Å². The highest BCUT2D eigenvalue weighted by atomic mass is 35.5. The molecule has 0 bridgehead atoms. The molecule has 0 spiro atoms. The summed E-state index contributed by atoms with van der Waals surface area (Å²) < 4.78 is 13.1. The monoisotopic (exact) mass is 258 g/mol. The third-order valence-corrected chi connectivity index (χ3v) is 2.31. The topological polar surface area (TPSA) is 50.7 Å². The van der Waals surface area contributed by atoms with Crippen LogP contribution in [0, 0.1) is 11.7 Å². The molecule has 0 radical (unpaired) electrons. The van der Waals surface area contributed by atoms with Gasteiger partial charge in [-0.15, -0.1) is 0 Å². The van der Waals surface area contributed by atoms with Crippen LogP contribution < -0.4 is 5.32 Å². The van der Waals surface area contributed by atoms with E-state index in [0.717, 1.165) is 0 Å². The van der Waals surface area contributed by atoms with Crippen LogP contribution in [-0.2, 0) is 4.84 Å². The molecule has 6 heteroatoms. The zero-order valence-electron chi connectivity index (χ0n) is 9.41. The highest BCUT2D eigenvalue weighted by molar-refractivity contribution is 6.65. The van der Waals surface area contributed by atoms with E-state index in [9.17, 15) is 9.18 Å². The molecule has 0 aliphatic carbocycles. The number of benzene rings is 1. The Bertz CT molecular complexity index is 435. The predicted octanol–water partition coefficient (Wildman–Crippen LogP) is 3.58. The minimum absolute atomic E-state index is 0.0216. The van der Waals surface area contributed by atoms with Crippen LogP contribution in [0.2, 0.25) is 0 Å². The van der Waals surface area contributed by atoms with Gasteiger partial charge >= 0.3 is 6.09 Å². The van der Waals surface area contributed by atoms with Crippen LogP contribution >= 0.6 is 11.6 Å². The van der Waals surface area contributed by atoms with Gasteiger partial charge in [0.2, 0.25) is 0 Å². The molecule has 1 aromatic carbocycles. The van der Waals surface area contributed by atoms with Gasteiger partial charge in [-0.2, -0.15) is 0 Å². The number of nitrogens with one attached hydrogen (secondary N) is 1. The number of para-hydroxylation sites is 1. The third-order valence-electron chi connectivity index (χ3n) is 1.80. The van der Waals surface area contributed by atoms with Crippen molar-refractivity contribution in [3.05, 3.63) is 30.1 Å². The average molecular weight is 259 g/mol. The van der Waals surface area contributed by atoms with Gasteiger partial charge in [-0.1, -0.05) is 42.7 Å². The number of carbonyl (C=O) groups excluding carboxylic acids is 1. The van der Waals surface area contributed by atoms with Crippen molar-refractivity contribution < 1.29 is 14.0 Å². The Morgan fingerprint density at radius 1 is 1.47 bits per heavy atom. The first kappa shape index (κ1) is 13.4. The first-order chi connectivity index (χ1) is 8.00. The summed E-state index contributed by atoms with van der Waals surface area (Å²) in [6.07, 6.45) is -0.895. The maximum absolute atomic E-state index is 13.1. The van der Waals surface area contributed by atoms with Crippen LogP contribution in [0.25, 0.3) is 0 Å². The second kappa shape index (κ2) is 6.20. The highest BCUT2D eigenvalue weighted by Crippen LogP contribution is 2.12. The molecule has 1 rings (SSSR count). The van der Waals surface area contributed by atoms with Gasteiger partial charge in [0, 0.05) is 5.92 Å². The number of halogens is 2. The number of carbonyl (C=O) groups is 1. The van der Waals surface area contributed by atoms with Gasteiger partial charge in [-0.3, -0.25) is 10.2 Å². The number of anilines is 1. The Morgan fingerprint density at radius 3 is 2.71 bits per heavy atom. The van der Waals surface area contributed by atoms with Crippen LogP contribution in [0.5, 0.6) is 0 Å². The van der Waals surface area contributed by atoms with Crippen molar-refractivity contribution in [2.24, 2.45) is 11.1 Å². The average Bonchev–Trinajstić information content (AvgIpc) is 2.29. The fourth-order valence-electron chi connectivity index (χ4n) is 0.886. The molecule has 0 fully saturated rings. The first-order valence-corrected chi connectivity index (χ1v) is 5.34. The van der Waals surface area contributed by atoms with Crippen LogP contribution in [-0.4, -0.2) is 11.3 Å². The molecule has 0 aliphatic rings.